The molecule has 0 saturated carbocycles. The first-order chi connectivity index (χ1) is 16.9. The van der Waals surface area contributed by atoms with Crippen LogP contribution in [0.4, 0.5) is 10.5 Å². The molecule has 0 aliphatic carbocycles. The number of rotatable bonds is 8. The van der Waals surface area contributed by atoms with E-state index in [-0.39, 0.29) is 24.2 Å². The molecule has 9 nitrogen and oxygen atoms in total. The maximum Gasteiger partial charge on any atom is 0.410 e. The maximum atomic E-state index is 13.4. The van der Waals surface area contributed by atoms with Crippen molar-refractivity contribution in [3.05, 3.63) is 70.3 Å². The second-order valence-corrected chi connectivity index (χ2v) is 9.86. The summed E-state index contributed by atoms with van der Waals surface area (Å²) in [6, 6.07) is 14.7. The maximum absolute atomic E-state index is 13.4. The van der Waals surface area contributed by atoms with Crippen molar-refractivity contribution < 1.29 is 24.4 Å². The number of nitrogens with zero attached hydrogens (tertiary/aromatic N) is 3. The molecule has 2 fully saturated rings. The fourth-order valence-electron chi connectivity index (χ4n) is 4.66. The van der Waals surface area contributed by atoms with Crippen molar-refractivity contribution in [2.24, 2.45) is 0 Å². The fourth-order valence-corrected chi connectivity index (χ4v) is 5.57. The zero-order valence-electron chi connectivity index (χ0n) is 19.3. The minimum atomic E-state index is -0.749. The van der Waals surface area contributed by atoms with E-state index in [0.29, 0.717) is 31.7 Å². The third kappa shape index (κ3) is 6.12. The predicted octanol–water partition coefficient (Wildman–Crippen LogP) is 3.84. The van der Waals surface area contributed by atoms with Gasteiger partial charge in [0.1, 0.15) is 12.6 Å². The average molecular weight is 500 g/mol. The van der Waals surface area contributed by atoms with Crippen molar-refractivity contribution in [1.29, 1.82) is 0 Å². The van der Waals surface area contributed by atoms with E-state index in [1.54, 1.807) is 17.0 Å². The molecule has 2 heterocycles. The Balaban J connectivity index is 1.33. The lowest BCUT2D eigenvalue weighted by molar-refractivity contribution is -0.384. The largest absolute Gasteiger partial charge is 0.445 e. The van der Waals surface area contributed by atoms with Crippen molar-refractivity contribution in [2.75, 3.05) is 18.8 Å². The highest BCUT2D eigenvalue weighted by atomic mass is 32.2. The number of aliphatic hydroxyl groups is 1. The van der Waals surface area contributed by atoms with Crippen LogP contribution in [-0.2, 0) is 16.1 Å². The van der Waals surface area contributed by atoms with Gasteiger partial charge in [-0.2, -0.15) is 0 Å². The van der Waals surface area contributed by atoms with Gasteiger partial charge in [-0.05, 0) is 43.4 Å². The molecular weight excluding hydrogens is 470 g/mol. The number of hydrogen-bond donors (Lipinski definition) is 1. The van der Waals surface area contributed by atoms with E-state index in [1.165, 1.54) is 28.8 Å². The van der Waals surface area contributed by atoms with E-state index >= 15 is 0 Å². The highest BCUT2D eigenvalue weighted by Crippen LogP contribution is 2.29. The summed E-state index contributed by atoms with van der Waals surface area (Å²) in [7, 11) is 0. The molecule has 35 heavy (non-hydrogen) atoms. The van der Waals surface area contributed by atoms with Crippen molar-refractivity contribution in [3.63, 3.8) is 0 Å². The lowest BCUT2D eigenvalue weighted by atomic mass is 10.1. The van der Waals surface area contributed by atoms with Crippen LogP contribution in [0.5, 0.6) is 0 Å². The molecule has 0 spiro atoms. The number of benzene rings is 2. The average Bonchev–Trinajstić information content (AvgIpc) is 3.57. The van der Waals surface area contributed by atoms with Crippen molar-refractivity contribution >= 4 is 29.4 Å². The van der Waals surface area contributed by atoms with Crippen LogP contribution in [0, 0.1) is 10.1 Å². The minimum absolute atomic E-state index is 0.0193. The number of non-ortho nitro benzene ring substituents is 1. The third-order valence-corrected chi connectivity index (χ3v) is 7.59. The number of carbonyl (C=O) groups excluding carboxylic acids is 2. The van der Waals surface area contributed by atoms with E-state index in [2.05, 4.69) is 0 Å². The lowest BCUT2D eigenvalue weighted by Crippen LogP contribution is -2.52. The van der Waals surface area contributed by atoms with E-state index in [9.17, 15) is 24.8 Å². The lowest BCUT2D eigenvalue weighted by Gasteiger charge is -2.33. The Bertz CT molecular complexity index is 1040. The van der Waals surface area contributed by atoms with Crippen LogP contribution < -0.4 is 0 Å². The Morgan fingerprint density at radius 1 is 1.06 bits per heavy atom. The molecule has 2 amide bonds. The number of aliphatic hydroxyl groups excluding tert-OH is 1. The summed E-state index contributed by atoms with van der Waals surface area (Å²) in [5.41, 5.74) is 0.905. The van der Waals surface area contributed by atoms with Gasteiger partial charge in [0.15, 0.2) is 0 Å². The first-order valence-electron chi connectivity index (χ1n) is 11.8. The Morgan fingerprint density at radius 3 is 2.46 bits per heavy atom. The van der Waals surface area contributed by atoms with Gasteiger partial charge < -0.3 is 14.7 Å². The first kappa shape index (κ1) is 25.0. The standard InChI is InChI=1S/C25H29N3O6S/c29-23(17-35-20-12-10-19(11-13-20)28(32)33)21-8-4-14-26(21)24(30)22-9-5-15-27(22)25(31)34-16-18-6-2-1-3-7-18/h1-3,6-7,10-13,21-23,29H,4-5,8-9,14-17H2/t21-,22+,23?/m0/s1. The second-order valence-electron chi connectivity index (χ2n) is 8.76. The first-order valence-corrected chi connectivity index (χ1v) is 12.8. The van der Waals surface area contributed by atoms with Crippen LogP contribution in [0.2, 0.25) is 0 Å². The molecule has 2 aromatic carbocycles. The Labute approximate surface area is 208 Å². The van der Waals surface area contributed by atoms with E-state index in [4.69, 9.17) is 4.74 Å². The number of nitro benzene ring substituents is 1. The summed E-state index contributed by atoms with van der Waals surface area (Å²) >= 11 is 1.40. The molecule has 2 aromatic rings. The van der Waals surface area contributed by atoms with E-state index in [1.807, 2.05) is 30.3 Å². The predicted molar refractivity (Wildman–Crippen MR) is 131 cm³/mol. The van der Waals surface area contributed by atoms with Gasteiger partial charge in [0.25, 0.3) is 5.69 Å². The summed E-state index contributed by atoms with van der Waals surface area (Å²) in [5.74, 6) is 0.223. The van der Waals surface area contributed by atoms with Crippen LogP contribution in [0.3, 0.4) is 0 Å². The number of nitro groups is 1. The zero-order chi connectivity index (χ0) is 24.8. The Morgan fingerprint density at radius 2 is 1.74 bits per heavy atom. The van der Waals surface area contributed by atoms with E-state index < -0.39 is 23.2 Å². The molecule has 186 valence electrons. The molecule has 0 radical (unpaired) electrons. The molecule has 0 bridgehead atoms. The number of likely N-dealkylation sites (tertiary alicyclic amines) is 2. The number of ether oxygens (including phenoxy) is 1. The highest BCUT2D eigenvalue weighted by molar-refractivity contribution is 7.99. The van der Waals surface area contributed by atoms with Gasteiger partial charge >= 0.3 is 6.09 Å². The van der Waals surface area contributed by atoms with Crippen molar-refractivity contribution in [2.45, 2.75) is 55.4 Å². The molecule has 2 saturated heterocycles. The molecule has 1 unspecified atom stereocenters. The third-order valence-electron chi connectivity index (χ3n) is 6.47. The summed E-state index contributed by atoms with van der Waals surface area (Å²) in [5, 5.41) is 21.7. The van der Waals surface area contributed by atoms with Gasteiger partial charge in [0, 0.05) is 35.9 Å². The Kier molecular flexibility index (Phi) is 8.25. The fraction of sp³-hybridized carbons (Fsp3) is 0.440. The molecule has 0 aromatic heterocycles. The topological polar surface area (TPSA) is 113 Å². The normalized spacial score (nSPS) is 20.6. The van der Waals surface area contributed by atoms with Gasteiger partial charge in [-0.15, -0.1) is 11.8 Å². The van der Waals surface area contributed by atoms with Crippen LogP contribution >= 0.6 is 11.8 Å². The summed E-state index contributed by atoms with van der Waals surface area (Å²) in [6.07, 6.45) is 1.56. The number of hydrogen-bond acceptors (Lipinski definition) is 7. The van der Waals surface area contributed by atoms with Crippen LogP contribution in [0.1, 0.15) is 31.2 Å². The van der Waals surface area contributed by atoms with Gasteiger partial charge in [-0.3, -0.25) is 19.8 Å². The molecule has 10 heteroatoms. The molecule has 4 rings (SSSR count). The van der Waals surface area contributed by atoms with Gasteiger partial charge in [-0.1, -0.05) is 30.3 Å². The van der Waals surface area contributed by atoms with Gasteiger partial charge in [-0.25, -0.2) is 4.79 Å². The van der Waals surface area contributed by atoms with Gasteiger partial charge in [0.2, 0.25) is 5.91 Å². The van der Waals surface area contributed by atoms with E-state index in [0.717, 1.165) is 23.3 Å². The van der Waals surface area contributed by atoms with Crippen molar-refractivity contribution in [1.82, 2.24) is 9.80 Å². The summed E-state index contributed by atoms with van der Waals surface area (Å²) < 4.78 is 5.46. The molecule has 3 atom stereocenters. The Hall–Kier alpha value is -3.11. The quantitative estimate of drug-likeness (QED) is 0.333. The second kappa shape index (κ2) is 11.5. The van der Waals surface area contributed by atoms with Crippen LogP contribution in [-0.4, -0.2) is 68.9 Å². The van der Waals surface area contributed by atoms with Crippen LogP contribution in [0.25, 0.3) is 0 Å². The SMILES string of the molecule is O=C(OCc1ccccc1)N1CCC[C@@H]1C(=O)N1CCC[C@H]1C(O)CSc1ccc([N+](=O)[O-])cc1. The zero-order valence-corrected chi connectivity index (χ0v) is 20.1. The highest BCUT2D eigenvalue weighted by Gasteiger charge is 2.42. The minimum Gasteiger partial charge on any atom is -0.445 e. The smallest absolute Gasteiger partial charge is 0.410 e. The van der Waals surface area contributed by atoms with Crippen molar-refractivity contribution in [3.8, 4) is 0 Å². The van der Waals surface area contributed by atoms with Crippen LogP contribution in [0.15, 0.2) is 59.5 Å². The summed E-state index contributed by atoms with van der Waals surface area (Å²) in [6.45, 7) is 1.18. The van der Waals surface area contributed by atoms with Gasteiger partial charge in [0.05, 0.1) is 17.1 Å². The summed E-state index contributed by atoms with van der Waals surface area (Å²) in [4.78, 5) is 40.6. The molecule has 2 aliphatic rings. The molecule has 1 N–H and O–H groups in total. The monoisotopic (exact) mass is 499 g/mol. The molecular formula is C25H29N3O6S. The number of amides is 2. The number of carbonyl (C=O) groups is 2. The number of thioether (sulfide) groups is 1. The molecule has 2 aliphatic heterocycles.